The number of hydrogen-bond donors (Lipinski definition) is 2. The first kappa shape index (κ1) is 14.9. The number of phenols is 1. The Kier molecular flexibility index (Phi) is 4.81. The van der Waals surface area contributed by atoms with E-state index in [4.69, 9.17) is 0 Å². The SMILES string of the molecule is CCC(c1ccccc1O)N(CC1CCNCC1)C1CC1. The fourth-order valence-corrected chi connectivity index (χ4v) is 3.70. The van der Waals surface area contributed by atoms with Gasteiger partial charge in [-0.05, 0) is 57.2 Å². The summed E-state index contributed by atoms with van der Waals surface area (Å²) in [6.07, 6.45) is 6.31. The van der Waals surface area contributed by atoms with Gasteiger partial charge in [0.15, 0.2) is 0 Å². The molecule has 116 valence electrons. The molecule has 1 unspecified atom stereocenters. The van der Waals surface area contributed by atoms with Gasteiger partial charge in [-0.3, -0.25) is 4.90 Å². The zero-order valence-electron chi connectivity index (χ0n) is 13.1. The average molecular weight is 288 g/mol. The van der Waals surface area contributed by atoms with Crippen molar-refractivity contribution >= 4 is 0 Å². The maximum Gasteiger partial charge on any atom is 0.120 e. The predicted molar refractivity (Wildman–Crippen MR) is 86.5 cm³/mol. The van der Waals surface area contributed by atoms with Gasteiger partial charge in [0.05, 0.1) is 0 Å². The smallest absolute Gasteiger partial charge is 0.120 e. The molecule has 1 aromatic carbocycles. The van der Waals surface area contributed by atoms with Crippen molar-refractivity contribution in [1.82, 2.24) is 10.2 Å². The van der Waals surface area contributed by atoms with Gasteiger partial charge >= 0.3 is 0 Å². The van der Waals surface area contributed by atoms with E-state index in [-0.39, 0.29) is 0 Å². The zero-order chi connectivity index (χ0) is 14.7. The lowest BCUT2D eigenvalue weighted by molar-refractivity contribution is 0.137. The first-order chi connectivity index (χ1) is 10.3. The number of hydrogen-bond acceptors (Lipinski definition) is 3. The van der Waals surface area contributed by atoms with E-state index < -0.39 is 0 Å². The summed E-state index contributed by atoms with van der Waals surface area (Å²) in [5.41, 5.74) is 1.11. The lowest BCUT2D eigenvalue weighted by Gasteiger charge is -2.36. The standard InChI is InChI=1S/C18H28N2O/c1-2-17(16-5-3-4-6-18(16)21)20(15-7-8-15)13-14-9-11-19-12-10-14/h3-6,14-15,17,19,21H,2,7-13H2,1H3. The number of piperidine rings is 1. The zero-order valence-corrected chi connectivity index (χ0v) is 13.1. The van der Waals surface area contributed by atoms with E-state index in [1.54, 1.807) is 0 Å². The molecule has 0 bridgehead atoms. The maximum absolute atomic E-state index is 10.2. The number of para-hydroxylation sites is 1. The van der Waals surface area contributed by atoms with Crippen molar-refractivity contribution in [3.05, 3.63) is 29.8 Å². The summed E-state index contributed by atoms with van der Waals surface area (Å²) < 4.78 is 0. The van der Waals surface area contributed by atoms with E-state index in [0.717, 1.165) is 37.0 Å². The molecule has 1 aliphatic heterocycles. The Bertz CT molecular complexity index is 452. The minimum atomic E-state index is 0.369. The second-order valence-electron chi connectivity index (χ2n) is 6.60. The fourth-order valence-electron chi connectivity index (χ4n) is 3.70. The molecule has 1 heterocycles. The van der Waals surface area contributed by atoms with Crippen LogP contribution in [0.5, 0.6) is 5.75 Å². The highest BCUT2D eigenvalue weighted by Gasteiger charge is 2.36. The lowest BCUT2D eigenvalue weighted by Crippen LogP contribution is -2.39. The normalized spacial score (nSPS) is 21.6. The van der Waals surface area contributed by atoms with Crippen LogP contribution in [-0.2, 0) is 0 Å². The van der Waals surface area contributed by atoms with Gasteiger partial charge in [-0.2, -0.15) is 0 Å². The van der Waals surface area contributed by atoms with Crippen LogP contribution in [0.3, 0.4) is 0 Å². The van der Waals surface area contributed by atoms with Crippen LogP contribution in [0.1, 0.15) is 50.6 Å². The summed E-state index contributed by atoms with van der Waals surface area (Å²) in [6.45, 7) is 5.77. The Hall–Kier alpha value is -1.06. The fraction of sp³-hybridized carbons (Fsp3) is 0.667. The third-order valence-electron chi connectivity index (χ3n) is 5.03. The summed E-state index contributed by atoms with van der Waals surface area (Å²) in [6, 6.07) is 9.00. The summed E-state index contributed by atoms with van der Waals surface area (Å²) in [5, 5.41) is 13.7. The minimum absolute atomic E-state index is 0.369. The molecule has 1 aromatic rings. The van der Waals surface area contributed by atoms with Crippen molar-refractivity contribution in [1.29, 1.82) is 0 Å². The summed E-state index contributed by atoms with van der Waals surface area (Å²) in [4.78, 5) is 2.69. The molecule has 1 atom stereocenters. The van der Waals surface area contributed by atoms with Gasteiger partial charge in [-0.1, -0.05) is 25.1 Å². The molecule has 2 aliphatic rings. The van der Waals surface area contributed by atoms with E-state index in [2.05, 4.69) is 23.2 Å². The largest absolute Gasteiger partial charge is 0.508 e. The maximum atomic E-state index is 10.2. The highest BCUT2D eigenvalue weighted by Crippen LogP contribution is 2.39. The van der Waals surface area contributed by atoms with Crippen molar-refractivity contribution in [2.75, 3.05) is 19.6 Å². The number of rotatable bonds is 6. The second kappa shape index (κ2) is 6.80. The summed E-state index contributed by atoms with van der Waals surface area (Å²) >= 11 is 0. The second-order valence-corrected chi connectivity index (χ2v) is 6.60. The van der Waals surface area contributed by atoms with Crippen molar-refractivity contribution in [3.8, 4) is 5.75 Å². The van der Waals surface area contributed by atoms with E-state index in [1.807, 2.05) is 18.2 Å². The third-order valence-corrected chi connectivity index (χ3v) is 5.03. The van der Waals surface area contributed by atoms with Gasteiger partial charge in [-0.25, -0.2) is 0 Å². The number of aromatic hydroxyl groups is 1. The number of nitrogens with one attached hydrogen (secondary N) is 1. The molecule has 0 radical (unpaired) electrons. The number of nitrogens with zero attached hydrogens (tertiary/aromatic N) is 1. The lowest BCUT2D eigenvalue weighted by atomic mass is 9.94. The van der Waals surface area contributed by atoms with Crippen molar-refractivity contribution in [2.24, 2.45) is 5.92 Å². The molecule has 3 nitrogen and oxygen atoms in total. The quantitative estimate of drug-likeness (QED) is 0.843. The molecule has 21 heavy (non-hydrogen) atoms. The van der Waals surface area contributed by atoms with Crippen LogP contribution in [0.4, 0.5) is 0 Å². The molecule has 1 aliphatic carbocycles. The van der Waals surface area contributed by atoms with Crippen LogP contribution in [0.2, 0.25) is 0 Å². The molecule has 3 rings (SSSR count). The van der Waals surface area contributed by atoms with Crippen LogP contribution in [-0.4, -0.2) is 35.7 Å². The Balaban J connectivity index is 1.76. The monoisotopic (exact) mass is 288 g/mol. The van der Waals surface area contributed by atoms with E-state index in [9.17, 15) is 5.11 Å². The van der Waals surface area contributed by atoms with E-state index in [0.29, 0.717) is 11.8 Å². The molecule has 0 spiro atoms. The van der Waals surface area contributed by atoms with E-state index in [1.165, 1.54) is 32.2 Å². The Morgan fingerprint density at radius 2 is 1.90 bits per heavy atom. The number of benzene rings is 1. The minimum Gasteiger partial charge on any atom is -0.508 e. The molecule has 1 saturated heterocycles. The average Bonchev–Trinajstić information content (AvgIpc) is 3.34. The Morgan fingerprint density at radius 1 is 1.19 bits per heavy atom. The van der Waals surface area contributed by atoms with Gasteiger partial charge in [0, 0.05) is 24.2 Å². The first-order valence-corrected chi connectivity index (χ1v) is 8.54. The summed E-state index contributed by atoms with van der Waals surface area (Å²) in [7, 11) is 0. The van der Waals surface area contributed by atoms with Crippen molar-refractivity contribution < 1.29 is 5.11 Å². The van der Waals surface area contributed by atoms with Gasteiger partial charge in [0.1, 0.15) is 5.75 Å². The molecular formula is C18H28N2O. The van der Waals surface area contributed by atoms with Gasteiger partial charge in [0.2, 0.25) is 0 Å². The Morgan fingerprint density at radius 3 is 2.52 bits per heavy atom. The molecule has 0 aromatic heterocycles. The number of phenolic OH excluding ortho intramolecular Hbond substituents is 1. The third kappa shape index (κ3) is 3.58. The van der Waals surface area contributed by atoms with Gasteiger partial charge in [0.25, 0.3) is 0 Å². The van der Waals surface area contributed by atoms with E-state index >= 15 is 0 Å². The van der Waals surface area contributed by atoms with Crippen molar-refractivity contribution in [2.45, 2.75) is 51.1 Å². The van der Waals surface area contributed by atoms with Gasteiger partial charge < -0.3 is 10.4 Å². The van der Waals surface area contributed by atoms with Crippen LogP contribution >= 0.6 is 0 Å². The molecule has 2 N–H and O–H groups in total. The molecule has 2 fully saturated rings. The topological polar surface area (TPSA) is 35.5 Å². The first-order valence-electron chi connectivity index (χ1n) is 8.54. The highest BCUT2D eigenvalue weighted by atomic mass is 16.3. The Labute approximate surface area is 128 Å². The summed E-state index contributed by atoms with van der Waals surface area (Å²) in [5.74, 6) is 1.27. The van der Waals surface area contributed by atoms with Crippen LogP contribution < -0.4 is 5.32 Å². The van der Waals surface area contributed by atoms with Crippen LogP contribution in [0.25, 0.3) is 0 Å². The molecular weight excluding hydrogens is 260 g/mol. The molecule has 0 amide bonds. The predicted octanol–water partition coefficient (Wildman–Crippen LogP) is 3.31. The molecule has 1 saturated carbocycles. The van der Waals surface area contributed by atoms with Crippen LogP contribution in [0, 0.1) is 5.92 Å². The van der Waals surface area contributed by atoms with Crippen LogP contribution in [0.15, 0.2) is 24.3 Å². The van der Waals surface area contributed by atoms with Crippen molar-refractivity contribution in [3.63, 3.8) is 0 Å². The molecule has 3 heteroatoms. The highest BCUT2D eigenvalue weighted by molar-refractivity contribution is 5.34. The van der Waals surface area contributed by atoms with Gasteiger partial charge in [-0.15, -0.1) is 0 Å².